The Bertz CT molecular complexity index is 321. The van der Waals surface area contributed by atoms with Gasteiger partial charge >= 0.3 is 0 Å². The Balaban J connectivity index is 2.59. The largest absolute Gasteiger partial charge is 0.195 e. The lowest BCUT2D eigenvalue weighted by atomic mass is 10.0. The Labute approximate surface area is 90.9 Å². The van der Waals surface area contributed by atoms with Gasteiger partial charge in [0.1, 0.15) is 0 Å². The van der Waals surface area contributed by atoms with Crippen molar-refractivity contribution < 1.29 is 0 Å². The first-order chi connectivity index (χ1) is 6.72. The van der Waals surface area contributed by atoms with Gasteiger partial charge in [-0.2, -0.15) is 4.99 Å². The average molecular weight is 205 g/mol. The van der Waals surface area contributed by atoms with E-state index in [1.807, 2.05) is 12.1 Å². The Morgan fingerprint density at radius 1 is 1.29 bits per heavy atom. The highest BCUT2D eigenvalue weighted by Crippen LogP contribution is 2.14. The number of benzene rings is 1. The van der Waals surface area contributed by atoms with Gasteiger partial charge < -0.3 is 0 Å². The summed E-state index contributed by atoms with van der Waals surface area (Å²) >= 11 is 4.54. The van der Waals surface area contributed by atoms with Crippen molar-refractivity contribution in [3.05, 3.63) is 29.8 Å². The second kappa shape index (κ2) is 5.69. The highest BCUT2D eigenvalue weighted by atomic mass is 32.1. The Kier molecular flexibility index (Phi) is 4.51. The van der Waals surface area contributed by atoms with Crippen molar-refractivity contribution in [3.63, 3.8) is 0 Å². The van der Waals surface area contributed by atoms with Gasteiger partial charge in [-0.05, 0) is 48.7 Å². The van der Waals surface area contributed by atoms with Crippen LogP contribution in [0.2, 0.25) is 0 Å². The standard InChI is InChI=1S/C12H15NS/c1-10(2)3-4-11-5-7-12(8-6-11)13-9-14/h5-8,10H,3-4H2,1-2H3. The van der Waals surface area contributed by atoms with Crippen LogP contribution in [0.4, 0.5) is 5.69 Å². The second-order valence-electron chi connectivity index (χ2n) is 3.80. The van der Waals surface area contributed by atoms with E-state index in [0.29, 0.717) is 0 Å². The highest BCUT2D eigenvalue weighted by Gasteiger charge is 1.96. The van der Waals surface area contributed by atoms with Gasteiger partial charge in [0.2, 0.25) is 0 Å². The molecule has 0 heterocycles. The molecule has 1 aromatic carbocycles. The Morgan fingerprint density at radius 2 is 1.93 bits per heavy atom. The molecule has 1 aromatic rings. The lowest BCUT2D eigenvalue weighted by Crippen LogP contribution is -1.91. The van der Waals surface area contributed by atoms with E-state index in [2.05, 4.69) is 48.4 Å². The molecule has 1 nitrogen and oxygen atoms in total. The number of aryl methyl sites for hydroxylation is 1. The molecule has 0 unspecified atom stereocenters. The molecule has 0 aliphatic rings. The second-order valence-corrected chi connectivity index (χ2v) is 3.98. The highest BCUT2D eigenvalue weighted by molar-refractivity contribution is 7.78. The maximum atomic E-state index is 4.54. The van der Waals surface area contributed by atoms with E-state index < -0.39 is 0 Å². The Hall–Kier alpha value is -0.980. The lowest BCUT2D eigenvalue weighted by Gasteiger charge is -2.04. The molecule has 0 aliphatic carbocycles. The van der Waals surface area contributed by atoms with Crippen LogP contribution in [0.1, 0.15) is 25.8 Å². The van der Waals surface area contributed by atoms with Crippen LogP contribution in [0.5, 0.6) is 0 Å². The van der Waals surface area contributed by atoms with Gasteiger partial charge in [-0.3, -0.25) is 0 Å². The summed E-state index contributed by atoms with van der Waals surface area (Å²) in [7, 11) is 0. The fraction of sp³-hybridized carbons (Fsp3) is 0.417. The third-order valence-corrected chi connectivity index (χ3v) is 2.21. The van der Waals surface area contributed by atoms with Gasteiger partial charge in [0.05, 0.1) is 10.8 Å². The molecule has 0 spiro atoms. The topological polar surface area (TPSA) is 12.4 Å². The third kappa shape index (κ3) is 3.82. The SMILES string of the molecule is CC(C)CCc1ccc(N=C=S)cc1. The zero-order valence-corrected chi connectivity index (χ0v) is 9.47. The molecule has 0 atom stereocenters. The minimum atomic E-state index is 0.758. The zero-order valence-electron chi connectivity index (χ0n) is 8.66. The van der Waals surface area contributed by atoms with E-state index in [0.717, 1.165) is 18.0 Å². The van der Waals surface area contributed by atoms with Crippen LogP contribution in [0.15, 0.2) is 29.3 Å². The molecule has 0 radical (unpaired) electrons. The summed E-state index contributed by atoms with van der Waals surface area (Å²) in [6.45, 7) is 4.48. The van der Waals surface area contributed by atoms with Crippen LogP contribution in [-0.4, -0.2) is 5.16 Å². The van der Waals surface area contributed by atoms with Gasteiger partial charge in [-0.25, -0.2) is 0 Å². The summed E-state index contributed by atoms with van der Waals surface area (Å²) < 4.78 is 0. The average Bonchev–Trinajstić information content (AvgIpc) is 2.17. The normalized spacial score (nSPS) is 9.93. The number of thiocarbonyl (C=S) groups is 1. The maximum absolute atomic E-state index is 4.54. The number of isothiocyanates is 1. The van der Waals surface area contributed by atoms with Crippen molar-refractivity contribution in [2.24, 2.45) is 10.9 Å². The van der Waals surface area contributed by atoms with Gasteiger partial charge in [0.15, 0.2) is 0 Å². The predicted octanol–water partition coefficient (Wildman–Crippen LogP) is 4.01. The summed E-state index contributed by atoms with van der Waals surface area (Å²) in [5.41, 5.74) is 2.25. The molecular weight excluding hydrogens is 190 g/mol. The van der Waals surface area contributed by atoms with Gasteiger partial charge in [-0.15, -0.1) is 0 Å². The third-order valence-electron chi connectivity index (χ3n) is 2.12. The van der Waals surface area contributed by atoms with E-state index >= 15 is 0 Å². The summed E-state index contributed by atoms with van der Waals surface area (Å²) in [6.07, 6.45) is 2.37. The van der Waals surface area contributed by atoms with Crippen LogP contribution in [0.25, 0.3) is 0 Å². The van der Waals surface area contributed by atoms with Crippen LogP contribution >= 0.6 is 12.2 Å². The molecule has 0 bridgehead atoms. The molecule has 0 aliphatic heterocycles. The molecule has 1 rings (SSSR count). The fourth-order valence-electron chi connectivity index (χ4n) is 1.25. The first kappa shape index (κ1) is 11.1. The summed E-state index contributed by atoms with van der Waals surface area (Å²) in [6, 6.07) is 8.17. The lowest BCUT2D eigenvalue weighted by molar-refractivity contribution is 0.587. The van der Waals surface area contributed by atoms with E-state index in [-0.39, 0.29) is 0 Å². The zero-order chi connectivity index (χ0) is 10.4. The van der Waals surface area contributed by atoms with Crippen LogP contribution < -0.4 is 0 Å². The van der Waals surface area contributed by atoms with Crippen molar-refractivity contribution in [1.29, 1.82) is 0 Å². The predicted molar refractivity (Wildman–Crippen MR) is 64.3 cm³/mol. The molecule has 0 aromatic heterocycles. The molecular formula is C12H15NS. The van der Waals surface area contributed by atoms with E-state index in [9.17, 15) is 0 Å². The molecule has 74 valence electrons. The molecule has 0 saturated heterocycles. The first-order valence-corrected chi connectivity index (χ1v) is 5.30. The number of nitrogens with zero attached hydrogens (tertiary/aromatic N) is 1. The number of hydrogen-bond acceptors (Lipinski definition) is 2. The van der Waals surface area contributed by atoms with Crippen LogP contribution in [0.3, 0.4) is 0 Å². The van der Waals surface area contributed by atoms with Crippen LogP contribution in [0, 0.1) is 5.92 Å². The molecule has 14 heavy (non-hydrogen) atoms. The Morgan fingerprint density at radius 3 is 2.43 bits per heavy atom. The molecule has 0 amide bonds. The minimum absolute atomic E-state index is 0.758. The number of rotatable bonds is 4. The van der Waals surface area contributed by atoms with E-state index in [4.69, 9.17) is 0 Å². The molecule has 0 N–H and O–H groups in total. The summed E-state index contributed by atoms with van der Waals surface area (Å²) in [4.78, 5) is 3.91. The molecule has 0 fully saturated rings. The van der Waals surface area contributed by atoms with Crippen LogP contribution in [-0.2, 0) is 6.42 Å². The fourth-order valence-corrected chi connectivity index (χ4v) is 1.35. The first-order valence-electron chi connectivity index (χ1n) is 4.89. The van der Waals surface area contributed by atoms with Crippen molar-refractivity contribution in [2.75, 3.05) is 0 Å². The van der Waals surface area contributed by atoms with Crippen molar-refractivity contribution in [3.8, 4) is 0 Å². The maximum Gasteiger partial charge on any atom is 0.0739 e. The van der Waals surface area contributed by atoms with E-state index in [1.165, 1.54) is 12.0 Å². The van der Waals surface area contributed by atoms with Crippen molar-refractivity contribution in [1.82, 2.24) is 0 Å². The summed E-state index contributed by atoms with van der Waals surface area (Å²) in [5.74, 6) is 0.758. The van der Waals surface area contributed by atoms with Gasteiger partial charge in [-0.1, -0.05) is 26.0 Å². The molecule has 0 saturated carbocycles. The quantitative estimate of drug-likeness (QED) is 0.534. The smallest absolute Gasteiger partial charge is 0.0739 e. The summed E-state index contributed by atoms with van der Waals surface area (Å²) in [5, 5.41) is 2.36. The van der Waals surface area contributed by atoms with Gasteiger partial charge in [0.25, 0.3) is 0 Å². The van der Waals surface area contributed by atoms with Gasteiger partial charge in [0, 0.05) is 0 Å². The van der Waals surface area contributed by atoms with Crippen molar-refractivity contribution >= 4 is 23.1 Å². The van der Waals surface area contributed by atoms with Crippen molar-refractivity contribution in [2.45, 2.75) is 26.7 Å². The number of hydrogen-bond donors (Lipinski definition) is 0. The molecule has 2 heteroatoms. The minimum Gasteiger partial charge on any atom is -0.195 e. The monoisotopic (exact) mass is 205 g/mol. The number of aliphatic imine (C=N–C) groups is 1. The van der Waals surface area contributed by atoms with E-state index in [1.54, 1.807) is 0 Å².